The van der Waals surface area contributed by atoms with Crippen LogP contribution in [0, 0.1) is 5.82 Å². The zero-order valence-electron chi connectivity index (χ0n) is 10.5. The summed E-state index contributed by atoms with van der Waals surface area (Å²) in [4.78, 5) is 11.9. The largest absolute Gasteiger partial charge is 0.469 e. The van der Waals surface area contributed by atoms with E-state index in [4.69, 9.17) is 4.74 Å². The summed E-state index contributed by atoms with van der Waals surface area (Å²) in [5.41, 5.74) is 0.808. The number of esters is 1. The second-order valence-corrected chi connectivity index (χ2v) is 4.61. The Morgan fingerprint density at radius 2 is 2.11 bits per heavy atom. The Bertz CT molecular complexity index is 399. The lowest BCUT2D eigenvalue weighted by molar-refractivity contribution is -0.143. The lowest BCUT2D eigenvalue weighted by Gasteiger charge is -2.30. The minimum atomic E-state index is -0.351. The Hall–Kier alpha value is -1.42. The van der Waals surface area contributed by atoms with Crippen LogP contribution in [0.4, 0.5) is 4.39 Å². The molecular weight excluding hydrogens is 233 g/mol. The maximum Gasteiger partial charge on any atom is 0.314 e. The smallest absolute Gasteiger partial charge is 0.314 e. The van der Waals surface area contributed by atoms with Crippen LogP contribution in [0.15, 0.2) is 24.3 Å². The van der Waals surface area contributed by atoms with Gasteiger partial charge in [-0.3, -0.25) is 4.79 Å². The Labute approximate surface area is 106 Å². The molecule has 98 valence electrons. The number of methoxy groups -OCH3 is 1. The van der Waals surface area contributed by atoms with E-state index >= 15 is 0 Å². The summed E-state index contributed by atoms with van der Waals surface area (Å²) in [5, 5.41) is 3.35. The van der Waals surface area contributed by atoms with Crippen molar-refractivity contribution in [1.29, 1.82) is 0 Å². The number of benzene rings is 1. The third-order valence-electron chi connectivity index (χ3n) is 3.44. The first-order valence-electron chi connectivity index (χ1n) is 6.29. The molecule has 1 aliphatic heterocycles. The fourth-order valence-electron chi connectivity index (χ4n) is 2.49. The number of halogens is 1. The fourth-order valence-corrected chi connectivity index (χ4v) is 2.49. The van der Waals surface area contributed by atoms with E-state index in [0.717, 1.165) is 31.4 Å². The molecular formula is C14H18FNO2. The summed E-state index contributed by atoms with van der Waals surface area (Å²) in [5.74, 6) is -0.907. The van der Waals surface area contributed by atoms with Crippen molar-refractivity contribution in [2.45, 2.75) is 31.2 Å². The van der Waals surface area contributed by atoms with Crippen molar-refractivity contribution in [2.75, 3.05) is 13.7 Å². The number of carbonyl (C=O) groups excluding carboxylic acids is 1. The van der Waals surface area contributed by atoms with Gasteiger partial charge < -0.3 is 10.1 Å². The van der Waals surface area contributed by atoms with Gasteiger partial charge in [0.05, 0.1) is 13.0 Å². The number of ether oxygens (including phenoxy) is 1. The molecule has 0 spiro atoms. The summed E-state index contributed by atoms with van der Waals surface area (Å²) in [6, 6.07) is 6.17. The van der Waals surface area contributed by atoms with Crippen molar-refractivity contribution >= 4 is 5.97 Å². The molecule has 0 unspecified atom stereocenters. The molecule has 1 heterocycles. The average molecular weight is 251 g/mol. The molecule has 0 aromatic heterocycles. The molecule has 0 aliphatic carbocycles. The van der Waals surface area contributed by atoms with Gasteiger partial charge >= 0.3 is 5.97 Å². The Morgan fingerprint density at radius 1 is 1.39 bits per heavy atom. The van der Waals surface area contributed by atoms with Crippen molar-refractivity contribution in [2.24, 2.45) is 0 Å². The monoisotopic (exact) mass is 251 g/mol. The topological polar surface area (TPSA) is 38.3 Å². The molecule has 0 saturated carbocycles. The summed E-state index contributed by atoms with van der Waals surface area (Å²) in [6.07, 6.45) is 3.18. The van der Waals surface area contributed by atoms with E-state index < -0.39 is 0 Å². The van der Waals surface area contributed by atoms with E-state index in [9.17, 15) is 9.18 Å². The first-order valence-corrected chi connectivity index (χ1v) is 6.29. The molecule has 2 rings (SSSR count). The molecule has 3 nitrogen and oxygen atoms in total. The van der Waals surface area contributed by atoms with E-state index in [-0.39, 0.29) is 23.7 Å². The van der Waals surface area contributed by atoms with E-state index in [1.54, 1.807) is 12.1 Å². The van der Waals surface area contributed by atoms with Crippen LogP contribution in [0.3, 0.4) is 0 Å². The number of nitrogens with one attached hydrogen (secondary N) is 1. The highest BCUT2D eigenvalue weighted by molar-refractivity contribution is 5.79. The maximum atomic E-state index is 12.9. The van der Waals surface area contributed by atoms with Gasteiger partial charge in [-0.15, -0.1) is 0 Å². The molecule has 2 atom stereocenters. The summed E-state index contributed by atoms with van der Waals surface area (Å²) in [6.45, 7) is 0.916. The molecule has 1 saturated heterocycles. The third kappa shape index (κ3) is 2.88. The number of hydrogen-bond donors (Lipinski definition) is 1. The average Bonchev–Trinajstić information content (AvgIpc) is 2.42. The second kappa shape index (κ2) is 5.96. The van der Waals surface area contributed by atoms with Gasteiger partial charge in [0.15, 0.2) is 0 Å². The zero-order valence-corrected chi connectivity index (χ0v) is 10.5. The van der Waals surface area contributed by atoms with Gasteiger partial charge in [0.2, 0.25) is 0 Å². The number of hydrogen-bond acceptors (Lipinski definition) is 3. The summed E-state index contributed by atoms with van der Waals surface area (Å²) in [7, 11) is 1.39. The van der Waals surface area contributed by atoms with E-state index in [1.165, 1.54) is 19.2 Å². The molecule has 0 amide bonds. The molecule has 4 heteroatoms. The van der Waals surface area contributed by atoms with Crippen LogP contribution >= 0.6 is 0 Å². The Kier molecular flexibility index (Phi) is 4.31. The molecule has 1 aliphatic rings. The van der Waals surface area contributed by atoms with Crippen LogP contribution in [-0.2, 0) is 9.53 Å². The molecule has 1 fully saturated rings. The quantitative estimate of drug-likeness (QED) is 0.837. The molecule has 1 aromatic rings. The second-order valence-electron chi connectivity index (χ2n) is 4.61. The van der Waals surface area contributed by atoms with Crippen molar-refractivity contribution in [1.82, 2.24) is 5.32 Å². The van der Waals surface area contributed by atoms with Crippen LogP contribution in [-0.4, -0.2) is 25.7 Å². The van der Waals surface area contributed by atoms with Crippen LogP contribution in [0.1, 0.15) is 30.7 Å². The van der Waals surface area contributed by atoms with Crippen LogP contribution < -0.4 is 5.32 Å². The first kappa shape index (κ1) is 13.0. The molecule has 0 bridgehead atoms. The van der Waals surface area contributed by atoms with E-state index in [1.807, 2.05) is 0 Å². The predicted molar refractivity (Wildman–Crippen MR) is 66.8 cm³/mol. The summed E-state index contributed by atoms with van der Waals surface area (Å²) < 4.78 is 17.8. The predicted octanol–water partition coefficient (Wildman–Crippen LogP) is 2.22. The van der Waals surface area contributed by atoms with Crippen LogP contribution in [0.25, 0.3) is 0 Å². The van der Waals surface area contributed by atoms with Crippen LogP contribution in [0.5, 0.6) is 0 Å². The number of carbonyl (C=O) groups is 1. The lowest BCUT2D eigenvalue weighted by Crippen LogP contribution is -2.42. The summed E-state index contributed by atoms with van der Waals surface area (Å²) >= 11 is 0. The van der Waals surface area contributed by atoms with Crippen molar-refractivity contribution in [3.8, 4) is 0 Å². The molecule has 1 aromatic carbocycles. The van der Waals surface area contributed by atoms with E-state index in [0.29, 0.717) is 0 Å². The van der Waals surface area contributed by atoms with E-state index in [2.05, 4.69) is 5.32 Å². The first-order chi connectivity index (χ1) is 8.72. The van der Waals surface area contributed by atoms with Gasteiger partial charge in [0.25, 0.3) is 0 Å². The van der Waals surface area contributed by atoms with Crippen molar-refractivity contribution in [3.05, 3.63) is 35.6 Å². The van der Waals surface area contributed by atoms with Crippen molar-refractivity contribution in [3.63, 3.8) is 0 Å². The highest BCUT2D eigenvalue weighted by atomic mass is 19.1. The van der Waals surface area contributed by atoms with Crippen LogP contribution in [0.2, 0.25) is 0 Å². The highest BCUT2D eigenvalue weighted by Gasteiger charge is 2.31. The van der Waals surface area contributed by atoms with Crippen molar-refractivity contribution < 1.29 is 13.9 Å². The van der Waals surface area contributed by atoms with Gasteiger partial charge in [-0.05, 0) is 37.1 Å². The highest BCUT2D eigenvalue weighted by Crippen LogP contribution is 2.26. The SMILES string of the molecule is COC(=O)[C@@H](c1ccc(F)cc1)[C@@H]1CCCCN1. The lowest BCUT2D eigenvalue weighted by atomic mass is 9.86. The Balaban J connectivity index is 2.23. The number of rotatable bonds is 3. The number of piperidine rings is 1. The standard InChI is InChI=1S/C14H18FNO2/c1-18-14(17)13(12-4-2-3-9-16-12)10-5-7-11(15)8-6-10/h5-8,12-13,16H,2-4,9H2,1H3/t12-,13-/m0/s1. The fraction of sp³-hybridized carbons (Fsp3) is 0.500. The van der Waals surface area contributed by atoms with Gasteiger partial charge in [0, 0.05) is 6.04 Å². The van der Waals surface area contributed by atoms with Gasteiger partial charge in [-0.1, -0.05) is 18.6 Å². The minimum Gasteiger partial charge on any atom is -0.469 e. The molecule has 18 heavy (non-hydrogen) atoms. The minimum absolute atomic E-state index is 0.0802. The van der Waals surface area contributed by atoms with Gasteiger partial charge in [0.1, 0.15) is 5.82 Å². The Morgan fingerprint density at radius 3 is 2.67 bits per heavy atom. The molecule has 1 N–H and O–H groups in total. The normalized spacial score (nSPS) is 21.3. The maximum absolute atomic E-state index is 12.9. The third-order valence-corrected chi connectivity index (χ3v) is 3.44. The van der Waals surface area contributed by atoms with Gasteiger partial charge in [-0.25, -0.2) is 4.39 Å². The van der Waals surface area contributed by atoms with Gasteiger partial charge in [-0.2, -0.15) is 0 Å². The molecule has 0 radical (unpaired) electrons. The zero-order chi connectivity index (χ0) is 13.0.